The molecule has 3 aromatic heterocycles. The average Bonchev–Trinajstić information content (AvgIpc) is 3.94. The number of fused-ring (bicyclic) bond motifs is 4. The summed E-state index contributed by atoms with van der Waals surface area (Å²) in [6, 6.07) is 72.0. The first-order chi connectivity index (χ1) is 35.0. The summed E-state index contributed by atoms with van der Waals surface area (Å²) < 4.78 is 13.3. The van der Waals surface area contributed by atoms with Crippen LogP contribution in [0, 0.1) is 23.9 Å². The molecular formula is C68H62N4OPt-2. The van der Waals surface area contributed by atoms with Gasteiger partial charge in [0.1, 0.15) is 5.82 Å². The second-order valence-electron chi connectivity index (χ2n) is 22.6. The van der Waals surface area contributed by atoms with Crippen molar-refractivity contribution in [2.24, 2.45) is 5.41 Å². The van der Waals surface area contributed by atoms with E-state index >= 15 is 0 Å². The summed E-state index contributed by atoms with van der Waals surface area (Å²) in [5.74, 6) is 2.24. The van der Waals surface area contributed by atoms with E-state index in [-0.39, 0.29) is 43.2 Å². The molecule has 1 atom stereocenters. The predicted molar refractivity (Wildman–Crippen MR) is 302 cm³/mol. The van der Waals surface area contributed by atoms with Crippen LogP contribution in [0.4, 0.5) is 0 Å². The molecule has 74 heavy (non-hydrogen) atoms. The fourth-order valence-electron chi connectivity index (χ4n) is 10.1. The minimum Gasteiger partial charge on any atom is -0.510 e. The SMILES string of the molecule is CC(c1cc(-n2c3[c-]c(Oc4[c-]c(-n5[c-][n+](-c6c(-c7ccccc7)cccc6-c6cc(C(C)(C)C)cc(C(C)(C)C)c6)c6ccccc65)ccc4)ccc3c3ccccc32)ncc1-c1ccccc1)C(C)(C)C.[Pt]. The van der Waals surface area contributed by atoms with Crippen molar-refractivity contribution in [3.05, 3.63) is 223 Å². The zero-order chi connectivity index (χ0) is 50.8. The van der Waals surface area contributed by atoms with Gasteiger partial charge in [-0.25, -0.2) is 4.98 Å². The fourth-order valence-corrected chi connectivity index (χ4v) is 10.1. The topological polar surface area (TPSA) is 35.9 Å². The van der Waals surface area contributed by atoms with Crippen LogP contribution < -0.4 is 9.30 Å². The normalized spacial score (nSPS) is 12.6. The van der Waals surface area contributed by atoms with E-state index in [0.717, 1.165) is 77.8 Å². The molecule has 6 heteroatoms. The van der Waals surface area contributed by atoms with Gasteiger partial charge in [-0.05, 0) is 89.9 Å². The summed E-state index contributed by atoms with van der Waals surface area (Å²) in [4.78, 5) is 5.19. The molecule has 0 fully saturated rings. The summed E-state index contributed by atoms with van der Waals surface area (Å²) in [6.07, 6.45) is 5.90. The molecule has 0 radical (unpaired) electrons. The van der Waals surface area contributed by atoms with Gasteiger partial charge in [0, 0.05) is 49.8 Å². The van der Waals surface area contributed by atoms with E-state index in [1.165, 1.54) is 22.3 Å². The van der Waals surface area contributed by atoms with Gasteiger partial charge in [-0.1, -0.05) is 214 Å². The summed E-state index contributed by atoms with van der Waals surface area (Å²) in [6.45, 7) is 23.0. The summed E-state index contributed by atoms with van der Waals surface area (Å²) in [7, 11) is 0. The number of nitrogens with zero attached hydrogens (tertiary/aromatic N) is 4. The van der Waals surface area contributed by atoms with Crippen molar-refractivity contribution in [1.82, 2.24) is 14.1 Å². The second kappa shape index (κ2) is 19.5. The van der Waals surface area contributed by atoms with Gasteiger partial charge < -0.3 is 13.9 Å². The van der Waals surface area contributed by atoms with E-state index in [2.05, 4.69) is 265 Å². The van der Waals surface area contributed by atoms with Crippen LogP contribution >= 0.6 is 0 Å². The van der Waals surface area contributed by atoms with Crippen LogP contribution in [0.3, 0.4) is 0 Å². The Morgan fingerprint density at radius 1 is 0.527 bits per heavy atom. The smallest absolute Gasteiger partial charge is 0.268 e. The molecule has 5 nitrogen and oxygen atoms in total. The molecule has 0 amide bonds. The zero-order valence-corrected chi connectivity index (χ0v) is 46.3. The first-order valence-electron chi connectivity index (χ1n) is 25.5. The first kappa shape index (κ1) is 50.2. The van der Waals surface area contributed by atoms with Gasteiger partial charge in [-0.2, -0.15) is 18.2 Å². The molecule has 1 unspecified atom stereocenters. The number of imidazole rings is 1. The average molecular weight is 1150 g/mol. The van der Waals surface area contributed by atoms with Crippen molar-refractivity contribution in [2.75, 3.05) is 0 Å². The monoisotopic (exact) mass is 1150 g/mol. The number of para-hydroxylation sites is 4. The zero-order valence-electron chi connectivity index (χ0n) is 44.0. The van der Waals surface area contributed by atoms with Crippen LogP contribution in [0.15, 0.2) is 188 Å². The van der Waals surface area contributed by atoms with Crippen molar-refractivity contribution in [2.45, 2.75) is 86.0 Å². The summed E-state index contributed by atoms with van der Waals surface area (Å²) in [5.41, 5.74) is 16.5. The summed E-state index contributed by atoms with van der Waals surface area (Å²) in [5, 5.41) is 2.21. The third-order valence-electron chi connectivity index (χ3n) is 14.7. The number of aromatic nitrogens is 4. The number of hydrogen-bond acceptors (Lipinski definition) is 2. The molecule has 372 valence electrons. The maximum absolute atomic E-state index is 6.77. The van der Waals surface area contributed by atoms with Gasteiger partial charge in [0.25, 0.3) is 6.33 Å². The first-order valence-corrected chi connectivity index (χ1v) is 25.5. The standard InChI is InChI=1S/C68H62N4O.Pt/c1-45(66(2,3)4)58-42-64(69-43-59(58)47-25-15-12-16-26-47)72-60-32-18-17-29-56(60)57-36-35-53(41-63(57)72)73-52-28-21-27-51(40-52)70-44-71(62-34-20-19-33-61(62)70)65-54(46-23-13-11-14-24-46)30-22-31-55(65)48-37-49(67(5,6)7)39-50(38-48)68(8,9)10;/h11-39,42-43,45H,1-10H3;/q-2;. The number of rotatable bonds is 9. The Kier molecular flexibility index (Phi) is 13.2. The Hall–Kier alpha value is -7.33. The van der Waals surface area contributed by atoms with Gasteiger partial charge in [0.15, 0.2) is 0 Å². The van der Waals surface area contributed by atoms with Crippen LogP contribution in [0.25, 0.3) is 83.4 Å². The van der Waals surface area contributed by atoms with E-state index in [1.54, 1.807) is 0 Å². The van der Waals surface area contributed by atoms with Crippen LogP contribution in [-0.2, 0) is 31.9 Å². The van der Waals surface area contributed by atoms with Gasteiger partial charge in [0.2, 0.25) is 0 Å². The van der Waals surface area contributed by atoms with Crippen molar-refractivity contribution < 1.29 is 30.4 Å². The third kappa shape index (κ3) is 9.44. The van der Waals surface area contributed by atoms with Crippen LogP contribution in [0.5, 0.6) is 11.5 Å². The second-order valence-corrected chi connectivity index (χ2v) is 22.6. The van der Waals surface area contributed by atoms with E-state index in [1.807, 2.05) is 24.4 Å². The molecule has 0 aliphatic carbocycles. The van der Waals surface area contributed by atoms with Crippen molar-refractivity contribution in [1.29, 1.82) is 0 Å². The molecule has 0 aliphatic rings. The van der Waals surface area contributed by atoms with Crippen LogP contribution in [0.2, 0.25) is 0 Å². The van der Waals surface area contributed by atoms with E-state index in [9.17, 15) is 0 Å². The van der Waals surface area contributed by atoms with Gasteiger partial charge >= 0.3 is 0 Å². The van der Waals surface area contributed by atoms with Crippen LogP contribution in [0.1, 0.15) is 91.8 Å². The summed E-state index contributed by atoms with van der Waals surface area (Å²) >= 11 is 0. The van der Waals surface area contributed by atoms with E-state index in [4.69, 9.17) is 9.72 Å². The largest absolute Gasteiger partial charge is 0.510 e. The van der Waals surface area contributed by atoms with E-state index in [0.29, 0.717) is 11.5 Å². The molecule has 8 aromatic carbocycles. The van der Waals surface area contributed by atoms with Gasteiger partial charge in [-0.3, -0.25) is 4.57 Å². The molecule has 0 bridgehead atoms. The molecule has 0 saturated heterocycles. The van der Waals surface area contributed by atoms with Crippen molar-refractivity contribution in [3.63, 3.8) is 0 Å². The maximum Gasteiger partial charge on any atom is 0.268 e. The molecule has 0 spiro atoms. The number of pyridine rings is 1. The van der Waals surface area contributed by atoms with Crippen molar-refractivity contribution in [3.8, 4) is 62.1 Å². The predicted octanol–water partition coefficient (Wildman–Crippen LogP) is 17.3. The Morgan fingerprint density at radius 3 is 1.77 bits per heavy atom. The molecule has 3 heterocycles. The molecule has 0 aliphatic heterocycles. The number of benzene rings is 8. The minimum absolute atomic E-state index is 0. The Balaban J connectivity index is 0.00000626. The van der Waals surface area contributed by atoms with Gasteiger partial charge in [0.05, 0.1) is 16.7 Å². The molecule has 11 aromatic rings. The molecule has 0 saturated carbocycles. The fraction of sp³-hybridized carbons (Fsp3) is 0.206. The van der Waals surface area contributed by atoms with Gasteiger partial charge in [-0.15, -0.1) is 29.7 Å². The minimum atomic E-state index is -0.0472. The maximum atomic E-state index is 6.77. The van der Waals surface area contributed by atoms with Crippen molar-refractivity contribution >= 4 is 32.8 Å². The number of hydrogen-bond donors (Lipinski definition) is 0. The Labute approximate surface area is 451 Å². The third-order valence-corrected chi connectivity index (χ3v) is 14.7. The molecular weight excluding hydrogens is 1080 g/mol. The molecule has 11 rings (SSSR count). The van der Waals surface area contributed by atoms with Crippen LogP contribution in [-0.4, -0.2) is 14.1 Å². The Bertz CT molecular complexity index is 3810. The molecule has 0 N–H and O–H groups in total. The quantitative estimate of drug-likeness (QED) is 0.107. The number of ether oxygens (including phenoxy) is 1. The Morgan fingerprint density at radius 2 is 1.11 bits per heavy atom. The van der Waals surface area contributed by atoms with E-state index < -0.39 is 0 Å².